The maximum atomic E-state index is 6.18. The molecule has 3 nitrogen and oxygen atoms in total. The first kappa shape index (κ1) is 13.7. The maximum Gasteiger partial charge on any atom is 0.142 e. The number of anilines is 1. The summed E-state index contributed by atoms with van der Waals surface area (Å²) >= 11 is 0. The summed E-state index contributed by atoms with van der Waals surface area (Å²) in [5.41, 5.74) is 9.83. The van der Waals surface area contributed by atoms with Gasteiger partial charge in [-0.15, -0.1) is 0 Å². The first-order valence-electron chi connectivity index (χ1n) is 8.05. The predicted molar refractivity (Wildman–Crippen MR) is 83.2 cm³/mol. The van der Waals surface area contributed by atoms with Crippen molar-refractivity contribution in [2.45, 2.75) is 64.0 Å². The van der Waals surface area contributed by atoms with E-state index in [0.717, 1.165) is 18.0 Å². The van der Waals surface area contributed by atoms with Gasteiger partial charge >= 0.3 is 0 Å². The Morgan fingerprint density at radius 2 is 1.90 bits per heavy atom. The molecule has 1 aromatic rings. The third kappa shape index (κ3) is 2.93. The molecule has 2 atom stereocenters. The van der Waals surface area contributed by atoms with Crippen molar-refractivity contribution < 1.29 is 4.74 Å². The van der Waals surface area contributed by atoms with Crippen LogP contribution in [0.5, 0.6) is 5.75 Å². The van der Waals surface area contributed by atoms with E-state index in [1.165, 1.54) is 56.1 Å². The number of piperidine rings is 1. The highest BCUT2D eigenvalue weighted by molar-refractivity contribution is 5.57. The van der Waals surface area contributed by atoms with Crippen LogP contribution in [0.4, 0.5) is 5.69 Å². The molecule has 110 valence electrons. The second-order valence-electron chi connectivity index (χ2n) is 6.25. The number of nitrogens with two attached hydrogens (primary N) is 1. The second kappa shape index (κ2) is 6.04. The van der Waals surface area contributed by atoms with Crippen molar-refractivity contribution in [2.75, 3.05) is 12.3 Å². The van der Waals surface area contributed by atoms with Gasteiger partial charge in [0.15, 0.2) is 0 Å². The van der Waals surface area contributed by atoms with Crippen molar-refractivity contribution in [1.82, 2.24) is 5.32 Å². The highest BCUT2D eigenvalue weighted by atomic mass is 16.5. The molecule has 1 saturated heterocycles. The van der Waals surface area contributed by atoms with Crippen molar-refractivity contribution in [3.63, 3.8) is 0 Å². The number of aryl methyl sites for hydroxylation is 2. The zero-order valence-corrected chi connectivity index (χ0v) is 12.5. The van der Waals surface area contributed by atoms with Gasteiger partial charge in [-0.1, -0.05) is 6.42 Å². The van der Waals surface area contributed by atoms with E-state index < -0.39 is 0 Å². The third-order valence-corrected chi connectivity index (χ3v) is 4.70. The van der Waals surface area contributed by atoms with E-state index >= 15 is 0 Å². The van der Waals surface area contributed by atoms with Crippen molar-refractivity contribution >= 4 is 5.69 Å². The van der Waals surface area contributed by atoms with Gasteiger partial charge in [0.25, 0.3) is 0 Å². The smallest absolute Gasteiger partial charge is 0.142 e. The van der Waals surface area contributed by atoms with Crippen LogP contribution < -0.4 is 15.8 Å². The molecule has 0 aromatic heterocycles. The fraction of sp³-hybridized carbons (Fsp3) is 0.647. The zero-order chi connectivity index (χ0) is 13.9. The summed E-state index contributed by atoms with van der Waals surface area (Å²) < 4.78 is 6.16. The summed E-state index contributed by atoms with van der Waals surface area (Å²) in [6, 6.07) is 4.77. The molecule has 1 fully saturated rings. The van der Waals surface area contributed by atoms with Gasteiger partial charge in [0, 0.05) is 6.04 Å². The fourth-order valence-electron chi connectivity index (χ4n) is 3.45. The Kier molecular flexibility index (Phi) is 4.16. The number of fused-ring (bicyclic) bond motifs is 1. The average Bonchev–Trinajstić information content (AvgIpc) is 2.49. The summed E-state index contributed by atoms with van der Waals surface area (Å²) in [5, 5.41) is 3.56. The van der Waals surface area contributed by atoms with Crippen LogP contribution in [0.2, 0.25) is 0 Å². The molecule has 1 heterocycles. The molecule has 0 amide bonds. The van der Waals surface area contributed by atoms with Crippen LogP contribution >= 0.6 is 0 Å². The van der Waals surface area contributed by atoms with E-state index in [-0.39, 0.29) is 6.10 Å². The lowest BCUT2D eigenvalue weighted by atomic mass is 9.91. The van der Waals surface area contributed by atoms with Gasteiger partial charge in [0.2, 0.25) is 0 Å². The standard InChI is InChI=1S/C17H26N2O/c1-12(16-8-4-5-9-19-16)20-17-11-14-7-3-2-6-13(14)10-15(17)18/h10-12,16,19H,2-9,18H2,1H3. The van der Waals surface area contributed by atoms with Gasteiger partial charge in [-0.2, -0.15) is 0 Å². The van der Waals surface area contributed by atoms with Gasteiger partial charge in [-0.05, 0) is 75.3 Å². The molecular formula is C17H26N2O. The monoisotopic (exact) mass is 274 g/mol. The topological polar surface area (TPSA) is 47.3 Å². The molecule has 3 rings (SSSR count). The Hall–Kier alpha value is -1.22. The van der Waals surface area contributed by atoms with E-state index in [4.69, 9.17) is 10.5 Å². The van der Waals surface area contributed by atoms with E-state index in [0.29, 0.717) is 6.04 Å². The number of hydrogen-bond acceptors (Lipinski definition) is 3. The van der Waals surface area contributed by atoms with Gasteiger partial charge in [-0.3, -0.25) is 0 Å². The van der Waals surface area contributed by atoms with Crippen LogP contribution in [0.25, 0.3) is 0 Å². The average molecular weight is 274 g/mol. The molecule has 0 spiro atoms. The van der Waals surface area contributed by atoms with Crippen molar-refractivity contribution in [3.8, 4) is 5.75 Å². The van der Waals surface area contributed by atoms with Gasteiger partial charge in [-0.25, -0.2) is 0 Å². The Balaban J connectivity index is 1.73. The number of ether oxygens (including phenoxy) is 1. The highest BCUT2D eigenvalue weighted by Gasteiger charge is 2.22. The largest absolute Gasteiger partial charge is 0.487 e. The van der Waals surface area contributed by atoms with Gasteiger partial charge < -0.3 is 15.8 Å². The van der Waals surface area contributed by atoms with Crippen molar-refractivity contribution in [1.29, 1.82) is 0 Å². The maximum absolute atomic E-state index is 6.18. The SMILES string of the molecule is CC(Oc1cc2c(cc1N)CCCC2)C1CCCCN1. The quantitative estimate of drug-likeness (QED) is 0.833. The van der Waals surface area contributed by atoms with Crippen molar-refractivity contribution in [3.05, 3.63) is 23.3 Å². The molecule has 0 radical (unpaired) electrons. The summed E-state index contributed by atoms with van der Waals surface area (Å²) in [6.45, 7) is 3.26. The highest BCUT2D eigenvalue weighted by Crippen LogP contribution is 2.32. The van der Waals surface area contributed by atoms with Gasteiger partial charge in [0.05, 0.1) is 5.69 Å². The fourth-order valence-corrected chi connectivity index (χ4v) is 3.45. The number of nitrogens with one attached hydrogen (secondary N) is 1. The van der Waals surface area contributed by atoms with E-state index in [1.807, 2.05) is 0 Å². The lowest BCUT2D eigenvalue weighted by Crippen LogP contribution is -2.44. The van der Waals surface area contributed by atoms with E-state index in [9.17, 15) is 0 Å². The van der Waals surface area contributed by atoms with Crippen LogP contribution in [-0.2, 0) is 12.8 Å². The molecule has 2 unspecified atom stereocenters. The van der Waals surface area contributed by atoms with Crippen LogP contribution in [0, 0.1) is 0 Å². The summed E-state index contributed by atoms with van der Waals surface area (Å²) in [7, 11) is 0. The lowest BCUT2D eigenvalue weighted by Gasteiger charge is -2.30. The normalized spacial score (nSPS) is 23.9. The minimum absolute atomic E-state index is 0.180. The molecule has 1 aliphatic heterocycles. The second-order valence-corrected chi connectivity index (χ2v) is 6.25. The summed E-state index contributed by atoms with van der Waals surface area (Å²) in [4.78, 5) is 0. The zero-order valence-electron chi connectivity index (χ0n) is 12.5. The molecule has 0 saturated carbocycles. The third-order valence-electron chi connectivity index (χ3n) is 4.70. The van der Waals surface area contributed by atoms with Crippen molar-refractivity contribution in [2.24, 2.45) is 0 Å². The molecule has 0 bridgehead atoms. The molecule has 20 heavy (non-hydrogen) atoms. The summed E-state index contributed by atoms with van der Waals surface area (Å²) in [6.07, 6.45) is 8.87. The minimum atomic E-state index is 0.180. The number of benzene rings is 1. The summed E-state index contributed by atoms with van der Waals surface area (Å²) in [5.74, 6) is 0.880. The molecule has 1 aliphatic carbocycles. The van der Waals surface area contributed by atoms with Gasteiger partial charge in [0.1, 0.15) is 11.9 Å². The number of rotatable bonds is 3. The van der Waals surface area contributed by atoms with E-state index in [2.05, 4.69) is 24.4 Å². The molecule has 3 heteroatoms. The lowest BCUT2D eigenvalue weighted by molar-refractivity contribution is 0.153. The Labute approximate surface area is 121 Å². The molecule has 3 N–H and O–H groups in total. The number of nitrogen functional groups attached to an aromatic ring is 1. The van der Waals surface area contributed by atoms with E-state index in [1.54, 1.807) is 0 Å². The predicted octanol–water partition coefficient (Wildman–Crippen LogP) is 3.06. The van der Waals surface area contributed by atoms with Crippen LogP contribution in [-0.4, -0.2) is 18.7 Å². The van der Waals surface area contributed by atoms with Crippen LogP contribution in [0.15, 0.2) is 12.1 Å². The first-order chi connectivity index (χ1) is 9.74. The minimum Gasteiger partial charge on any atom is -0.487 e. The van der Waals surface area contributed by atoms with Crippen LogP contribution in [0.1, 0.15) is 50.2 Å². The first-order valence-corrected chi connectivity index (χ1v) is 8.05. The Bertz CT molecular complexity index is 466. The molecular weight excluding hydrogens is 248 g/mol. The molecule has 2 aliphatic rings. The molecule has 1 aromatic carbocycles. The Morgan fingerprint density at radius 1 is 1.15 bits per heavy atom. The number of hydrogen-bond donors (Lipinski definition) is 2. The van der Waals surface area contributed by atoms with Crippen LogP contribution in [0.3, 0.4) is 0 Å². The Morgan fingerprint density at radius 3 is 2.60 bits per heavy atom.